The highest BCUT2D eigenvalue weighted by atomic mass is 32.2. The number of thioether (sulfide) groups is 1. The summed E-state index contributed by atoms with van der Waals surface area (Å²) in [7, 11) is 0. The summed E-state index contributed by atoms with van der Waals surface area (Å²) in [6.45, 7) is 62.1. The van der Waals surface area contributed by atoms with Gasteiger partial charge in [-0.15, -0.1) is 0 Å². The zero-order chi connectivity index (χ0) is 104. The number of nitrogens with zero attached hydrogens (tertiary/aromatic N) is 7. The second-order valence-electron chi connectivity index (χ2n) is 52.3. The fourth-order valence-electron chi connectivity index (χ4n) is 24.8. The van der Waals surface area contributed by atoms with Crippen LogP contribution in [0.3, 0.4) is 0 Å². The maximum atomic E-state index is 12.4. The van der Waals surface area contributed by atoms with Crippen LogP contribution in [-0.4, -0.2) is 254 Å². The largest absolute Gasteiger partial charge is 0.378 e. The molecule has 18 aliphatic rings. The topological polar surface area (TPSA) is 355 Å². The fourth-order valence-corrected chi connectivity index (χ4v) is 25.7. The first kappa shape index (κ1) is 120. The van der Waals surface area contributed by atoms with Crippen molar-refractivity contribution < 1.29 is 52.7 Å². The molecule has 8 heterocycles. The minimum absolute atomic E-state index is 0.0121. The lowest BCUT2D eigenvalue weighted by molar-refractivity contribution is -0.142. The number of amides is 10. The molecule has 27 heteroatoms. The second-order valence-corrected chi connectivity index (χ2v) is 53.5. The number of carbonyl (C=O) groups excluding carboxylic acids is 10. The molecule has 10 amide bonds. The highest BCUT2D eigenvalue weighted by molar-refractivity contribution is 7.99. The summed E-state index contributed by atoms with van der Waals surface area (Å²) >= 11 is 1.97. The average molecular weight is 2010 g/mol. The molecule has 18 fully saturated rings. The first-order chi connectivity index (χ1) is 67.1. The third-order valence-electron chi connectivity index (χ3n) is 33.4. The maximum Gasteiger partial charge on any atom is 0.240 e. The Labute approximate surface area is 866 Å². The van der Waals surface area contributed by atoms with E-state index >= 15 is 0 Å². The van der Waals surface area contributed by atoms with Gasteiger partial charge in [-0.3, -0.25) is 53.4 Å². The minimum Gasteiger partial charge on any atom is -0.378 e. The molecular formula is C115H209N15O11S. The van der Waals surface area contributed by atoms with Crippen molar-refractivity contribution in [3.63, 3.8) is 0 Å². The van der Waals surface area contributed by atoms with Gasteiger partial charge in [-0.05, 0) is 329 Å². The van der Waals surface area contributed by atoms with E-state index in [9.17, 15) is 47.9 Å². The SMILES string of the molecule is CC(C)CC1(C(=O)N2CCC(N)C2)CC1.CC(C)CC1(C(=O)N2CCC(N)CC2)CC1.CC(C)CC1(C(=O)N2CCCC2)CC1.CC(C)CC1(C(=O)N2CCCCC2)CC1.CC(C)CC1(C(=O)N2CCNCC2)CC1.CC(C)CC1(C(=O)N2CCOCC2)CC1.CC(C)CC1(C(=O)N2CCSCC2)CC1.CC(C)CC1(C(=O)NC2CCNCC2)CC1.CC(C)CC1(C(=O)NN)CC1.CC(C)CC1(C(N)=O)CC1. The van der Waals surface area contributed by atoms with E-state index in [-0.39, 0.29) is 72.0 Å². The Balaban J connectivity index is 0.000000177. The van der Waals surface area contributed by atoms with Gasteiger partial charge in [0.15, 0.2) is 0 Å². The molecule has 0 radical (unpaired) electrons. The van der Waals surface area contributed by atoms with E-state index in [4.69, 9.17) is 27.8 Å². The Morgan fingerprint density at radius 2 is 0.528 bits per heavy atom. The first-order valence-electron chi connectivity index (χ1n) is 57.8. The van der Waals surface area contributed by atoms with E-state index in [0.29, 0.717) is 132 Å². The number of nitrogens with one attached hydrogen (secondary N) is 4. The van der Waals surface area contributed by atoms with Crippen LogP contribution in [0.15, 0.2) is 0 Å². The number of primary amides is 1. The van der Waals surface area contributed by atoms with Crippen molar-refractivity contribution in [1.29, 1.82) is 0 Å². The summed E-state index contributed by atoms with van der Waals surface area (Å²) in [5.74, 6) is 16.8. The molecule has 0 spiro atoms. The quantitative estimate of drug-likeness (QED) is 0.0182. The lowest BCUT2D eigenvalue weighted by atomic mass is 9.92. The number of piperidine rings is 3. The van der Waals surface area contributed by atoms with Crippen LogP contribution in [0.5, 0.6) is 0 Å². The van der Waals surface area contributed by atoms with Crippen LogP contribution in [-0.2, 0) is 52.7 Å². The molecule has 26 nitrogen and oxygen atoms in total. The Hall–Kier alpha value is -5.19. The van der Waals surface area contributed by atoms with Crippen molar-refractivity contribution in [3.8, 4) is 0 Å². The van der Waals surface area contributed by atoms with Gasteiger partial charge in [-0.1, -0.05) is 138 Å². The molecule has 816 valence electrons. The monoisotopic (exact) mass is 2010 g/mol. The van der Waals surface area contributed by atoms with Crippen molar-refractivity contribution in [3.05, 3.63) is 0 Å². The number of ether oxygens (including phenoxy) is 1. The Bertz CT molecular complexity index is 3640. The van der Waals surface area contributed by atoms with Crippen LogP contribution in [0.25, 0.3) is 0 Å². The fraction of sp³-hybridized carbons (Fsp3) is 0.913. The van der Waals surface area contributed by atoms with E-state index in [2.05, 4.69) is 184 Å². The highest BCUT2D eigenvalue weighted by Gasteiger charge is 2.59. The Kier molecular flexibility index (Phi) is 46.2. The normalized spacial score (nSPS) is 24.3. The third-order valence-corrected chi connectivity index (χ3v) is 34.3. The molecule has 8 aliphatic heterocycles. The Morgan fingerprint density at radius 3 is 0.803 bits per heavy atom. The number of likely N-dealkylation sites (tertiary alicyclic amines) is 4. The van der Waals surface area contributed by atoms with Crippen LogP contribution in [0.1, 0.15) is 395 Å². The minimum atomic E-state index is -0.0961. The van der Waals surface area contributed by atoms with Crippen LogP contribution >= 0.6 is 11.8 Å². The lowest BCUT2D eigenvalue weighted by Crippen LogP contribution is -2.49. The molecule has 0 aromatic rings. The van der Waals surface area contributed by atoms with Gasteiger partial charge in [-0.2, -0.15) is 11.8 Å². The zero-order valence-corrected chi connectivity index (χ0v) is 94.5. The predicted molar refractivity (Wildman–Crippen MR) is 577 cm³/mol. The number of hydrogen-bond acceptors (Lipinski definition) is 17. The summed E-state index contributed by atoms with van der Waals surface area (Å²) in [6.07, 6.45) is 43.7. The summed E-state index contributed by atoms with van der Waals surface area (Å²) in [5, 5.41) is 9.86. The molecule has 1 unspecified atom stereocenters. The number of hydrazine groups is 1. The molecule has 8 saturated heterocycles. The first-order valence-corrected chi connectivity index (χ1v) is 59.0. The van der Waals surface area contributed by atoms with E-state index in [0.717, 1.165) is 354 Å². The summed E-state index contributed by atoms with van der Waals surface area (Å²) in [5.41, 5.74) is 19.3. The molecule has 0 aromatic heterocycles. The van der Waals surface area contributed by atoms with Gasteiger partial charge in [0.25, 0.3) is 0 Å². The van der Waals surface area contributed by atoms with E-state index in [1.807, 2.05) is 21.6 Å². The van der Waals surface area contributed by atoms with Crippen LogP contribution in [0.4, 0.5) is 0 Å². The zero-order valence-electron chi connectivity index (χ0n) is 93.7. The molecule has 10 aliphatic carbocycles. The highest BCUT2D eigenvalue weighted by Crippen LogP contribution is 2.59. The third kappa shape index (κ3) is 37.2. The van der Waals surface area contributed by atoms with Crippen molar-refractivity contribution in [2.24, 2.45) is 136 Å². The summed E-state index contributed by atoms with van der Waals surface area (Å²) in [6, 6.07) is 0.937. The van der Waals surface area contributed by atoms with Crippen LogP contribution in [0.2, 0.25) is 0 Å². The van der Waals surface area contributed by atoms with Gasteiger partial charge in [-0.25, -0.2) is 5.84 Å². The lowest BCUT2D eigenvalue weighted by Gasteiger charge is -2.33. The van der Waals surface area contributed by atoms with Crippen LogP contribution < -0.4 is 44.4 Å². The van der Waals surface area contributed by atoms with Crippen molar-refractivity contribution in [2.45, 2.75) is 413 Å². The number of morpholine rings is 1. The Morgan fingerprint density at radius 1 is 0.289 bits per heavy atom. The second kappa shape index (κ2) is 54.5. The number of carbonyl (C=O) groups is 10. The number of hydrogen-bond donors (Lipinski definition) is 8. The molecule has 0 bridgehead atoms. The van der Waals surface area contributed by atoms with Gasteiger partial charge in [0, 0.05) is 183 Å². The summed E-state index contributed by atoms with van der Waals surface area (Å²) in [4.78, 5) is 135. The average Bonchev–Trinajstić information content (AvgIpc) is 1.61. The van der Waals surface area contributed by atoms with Gasteiger partial charge >= 0.3 is 0 Å². The standard InChI is InChI=1S/2C13H24N2O.C13H23NO.2C12H22N2O.C12H21NO2.C12H21NOS.C12H21NO.C8H16N2O.C8H15NO/c1-10(2)9-13(5-6-13)12(16)15-7-3-11(14)4-8-15;1-10(2)9-13(5-6-13)12(16)15-11-3-7-14-8-4-11;1-11(2)10-13(6-7-13)12(15)14-8-4-3-5-9-14;1-9(2)7-12(4-5-12)11(15)14-6-3-10(13)8-14;1-10(2)9-12(3-4-12)11(15)14-7-5-13-6-8-14;2*1-10(2)9-12(3-4-12)11(14)13-5-7-15-8-6-13;1-10(2)9-12(5-6-12)11(14)13-7-3-4-8-13;1-6(2)5-8(3-4-8)7(11)10-9;1-6(2)5-8(3-4-8)7(9)10/h10-11H,3-9,14H2,1-2H3;10-11,14H,3-9H2,1-2H3,(H,15,16);11H,3-10H2,1-2H3;9-10H,3-8,13H2,1-2H3;10,13H,3-9H2,1-2H3;2*10H,3-9H2,1-2H3;10H,3-9H2,1-2H3;6H,3-5,9H2,1-2H3,(H,10,11);6H,3-5H2,1-2H3,(H2,9,10). The summed E-state index contributed by atoms with van der Waals surface area (Å²) < 4.78 is 5.27. The van der Waals surface area contributed by atoms with Crippen molar-refractivity contribution in [2.75, 3.05) is 143 Å². The van der Waals surface area contributed by atoms with Crippen LogP contribution in [0, 0.1) is 113 Å². The number of rotatable bonds is 31. The van der Waals surface area contributed by atoms with Gasteiger partial charge in [0.05, 0.1) is 18.6 Å². The van der Waals surface area contributed by atoms with Gasteiger partial charge in [0.1, 0.15) is 0 Å². The van der Waals surface area contributed by atoms with E-state index < -0.39 is 0 Å². The van der Waals surface area contributed by atoms with Gasteiger partial charge in [0.2, 0.25) is 59.1 Å². The number of piperazine rings is 1. The molecule has 1 atom stereocenters. The number of nitrogens with two attached hydrogens (primary N) is 4. The molecule has 142 heavy (non-hydrogen) atoms. The van der Waals surface area contributed by atoms with Gasteiger partial charge < -0.3 is 72.2 Å². The maximum absolute atomic E-state index is 12.4. The van der Waals surface area contributed by atoms with Crippen molar-refractivity contribution >= 4 is 70.8 Å². The smallest absolute Gasteiger partial charge is 0.240 e. The molecule has 18 rings (SSSR count). The molecule has 10 saturated carbocycles. The molecule has 0 aromatic carbocycles. The van der Waals surface area contributed by atoms with Crippen molar-refractivity contribution in [1.82, 2.24) is 55.7 Å². The molecular weight excluding hydrogens is 1800 g/mol. The van der Waals surface area contributed by atoms with E-state index in [1.54, 1.807) is 0 Å². The molecule has 12 N–H and O–H groups in total. The van der Waals surface area contributed by atoms with E-state index in [1.165, 1.54) is 32.1 Å². The predicted octanol–water partition coefficient (Wildman–Crippen LogP) is 17.5.